The Morgan fingerprint density at radius 1 is 1.50 bits per heavy atom. The number of ether oxygens (including phenoxy) is 2. The van der Waals surface area contributed by atoms with E-state index in [9.17, 15) is 14.3 Å². The van der Waals surface area contributed by atoms with Crippen LogP contribution in [0.1, 0.15) is 11.7 Å². The van der Waals surface area contributed by atoms with E-state index in [1.165, 1.54) is 13.2 Å². The van der Waals surface area contributed by atoms with E-state index in [1.54, 1.807) is 0 Å². The van der Waals surface area contributed by atoms with Gasteiger partial charge in [0.1, 0.15) is 11.6 Å². The number of methoxy groups -OCH3 is 2. The number of aliphatic hydroxyl groups excluding tert-OH is 1. The zero-order valence-electron chi connectivity index (χ0n) is 8.66. The molecule has 0 amide bonds. The highest BCUT2D eigenvalue weighted by Crippen LogP contribution is 2.31. The molecule has 6 heteroatoms. The largest absolute Gasteiger partial charge is 0.496 e. The van der Waals surface area contributed by atoms with Crippen LogP contribution in [0.4, 0.5) is 4.39 Å². The number of hydrogen-bond donors (Lipinski definition) is 1. The predicted octanol–water partition coefficient (Wildman–Crippen LogP) is 1.80. The lowest BCUT2D eigenvalue weighted by atomic mass is 10.1. The molecule has 88 valence electrons. The molecule has 1 unspecified atom stereocenters. The van der Waals surface area contributed by atoms with Gasteiger partial charge in [0.25, 0.3) is 0 Å². The highest BCUT2D eigenvalue weighted by molar-refractivity contribution is 9.10. The maximum absolute atomic E-state index is 13.2. The molecule has 0 radical (unpaired) electrons. The van der Waals surface area contributed by atoms with Gasteiger partial charge in [0.2, 0.25) is 0 Å². The number of hydrogen-bond acceptors (Lipinski definition) is 4. The molecule has 0 aliphatic rings. The average molecular weight is 293 g/mol. The van der Waals surface area contributed by atoms with E-state index in [1.807, 2.05) is 0 Å². The lowest BCUT2D eigenvalue weighted by Gasteiger charge is -2.13. The molecule has 0 saturated heterocycles. The van der Waals surface area contributed by atoms with E-state index in [-0.39, 0.29) is 15.8 Å². The van der Waals surface area contributed by atoms with Crippen molar-refractivity contribution in [3.8, 4) is 5.75 Å². The predicted molar refractivity (Wildman–Crippen MR) is 57.6 cm³/mol. The van der Waals surface area contributed by atoms with Crippen LogP contribution in [0, 0.1) is 5.82 Å². The SMILES string of the molecule is COC(=O)C(O)c1cc(Br)c(F)cc1OC. The molecule has 1 aromatic rings. The van der Waals surface area contributed by atoms with Crippen molar-refractivity contribution in [1.82, 2.24) is 0 Å². The smallest absolute Gasteiger partial charge is 0.339 e. The minimum atomic E-state index is -1.50. The van der Waals surface area contributed by atoms with Crippen LogP contribution in [0.25, 0.3) is 0 Å². The zero-order chi connectivity index (χ0) is 12.3. The fourth-order valence-corrected chi connectivity index (χ4v) is 1.53. The Bertz CT molecular complexity index is 408. The van der Waals surface area contributed by atoms with Crippen LogP contribution in [0.2, 0.25) is 0 Å². The molecule has 0 saturated carbocycles. The fraction of sp³-hybridized carbons (Fsp3) is 0.300. The lowest BCUT2D eigenvalue weighted by molar-refractivity contribution is -0.150. The van der Waals surface area contributed by atoms with Crippen molar-refractivity contribution in [1.29, 1.82) is 0 Å². The molecule has 4 nitrogen and oxygen atoms in total. The monoisotopic (exact) mass is 292 g/mol. The second kappa shape index (κ2) is 5.27. The van der Waals surface area contributed by atoms with Gasteiger partial charge in [-0.25, -0.2) is 9.18 Å². The third kappa shape index (κ3) is 2.51. The van der Waals surface area contributed by atoms with Crippen molar-refractivity contribution in [3.63, 3.8) is 0 Å². The first kappa shape index (κ1) is 12.9. The second-order valence-electron chi connectivity index (χ2n) is 2.93. The molecule has 0 fully saturated rings. The van der Waals surface area contributed by atoms with Gasteiger partial charge in [-0.1, -0.05) is 0 Å². The van der Waals surface area contributed by atoms with Gasteiger partial charge in [-0.2, -0.15) is 0 Å². The molecular formula is C10H10BrFO4. The van der Waals surface area contributed by atoms with E-state index in [2.05, 4.69) is 20.7 Å². The molecule has 1 aromatic carbocycles. The van der Waals surface area contributed by atoms with E-state index in [0.29, 0.717) is 0 Å². The summed E-state index contributed by atoms with van der Waals surface area (Å²) in [4.78, 5) is 11.1. The van der Waals surface area contributed by atoms with Crippen LogP contribution in [0.15, 0.2) is 16.6 Å². The summed E-state index contributed by atoms with van der Waals surface area (Å²) < 4.78 is 22.5. The quantitative estimate of drug-likeness (QED) is 0.863. The minimum Gasteiger partial charge on any atom is -0.496 e. The number of esters is 1. The summed E-state index contributed by atoms with van der Waals surface area (Å²) in [6, 6.07) is 2.35. The zero-order valence-corrected chi connectivity index (χ0v) is 10.2. The summed E-state index contributed by atoms with van der Waals surface area (Å²) in [6.45, 7) is 0. The first-order valence-electron chi connectivity index (χ1n) is 4.30. The molecule has 1 rings (SSSR count). The van der Waals surface area contributed by atoms with E-state index in [0.717, 1.165) is 13.2 Å². The Hall–Kier alpha value is -1.14. The van der Waals surface area contributed by atoms with Gasteiger partial charge in [0.05, 0.1) is 18.7 Å². The van der Waals surface area contributed by atoms with Gasteiger partial charge in [0, 0.05) is 11.6 Å². The molecule has 1 N–H and O–H groups in total. The highest BCUT2D eigenvalue weighted by atomic mass is 79.9. The van der Waals surface area contributed by atoms with Gasteiger partial charge < -0.3 is 14.6 Å². The molecule has 0 aromatic heterocycles. The maximum Gasteiger partial charge on any atom is 0.339 e. The Kier molecular flexibility index (Phi) is 4.26. The third-order valence-electron chi connectivity index (χ3n) is 1.99. The van der Waals surface area contributed by atoms with Crippen LogP contribution in [-0.2, 0) is 9.53 Å². The number of aliphatic hydroxyl groups is 1. The molecule has 0 heterocycles. The molecular weight excluding hydrogens is 283 g/mol. The number of halogens is 2. The third-order valence-corrected chi connectivity index (χ3v) is 2.60. The summed E-state index contributed by atoms with van der Waals surface area (Å²) in [6.07, 6.45) is -1.50. The first-order chi connectivity index (χ1) is 7.51. The number of carbonyl (C=O) groups excluding carboxylic acids is 1. The Balaban J connectivity index is 3.21. The van der Waals surface area contributed by atoms with Gasteiger partial charge in [-0.15, -0.1) is 0 Å². The van der Waals surface area contributed by atoms with Crippen molar-refractivity contribution < 1.29 is 23.8 Å². The van der Waals surface area contributed by atoms with E-state index < -0.39 is 17.9 Å². The number of benzene rings is 1. The second-order valence-corrected chi connectivity index (χ2v) is 3.79. The molecule has 1 atom stereocenters. The summed E-state index contributed by atoms with van der Waals surface area (Å²) in [5.41, 5.74) is 0.141. The standard InChI is InChI=1S/C10H10BrFO4/c1-15-8-4-7(12)6(11)3-5(8)9(13)10(14)16-2/h3-4,9,13H,1-2H3. The summed E-state index contributed by atoms with van der Waals surface area (Å²) in [5, 5.41) is 9.62. The van der Waals surface area contributed by atoms with Crippen LogP contribution in [-0.4, -0.2) is 25.3 Å². The van der Waals surface area contributed by atoms with Crippen molar-refractivity contribution in [2.75, 3.05) is 14.2 Å². The lowest BCUT2D eigenvalue weighted by Crippen LogP contribution is -2.14. The Morgan fingerprint density at radius 2 is 2.12 bits per heavy atom. The molecule has 0 spiro atoms. The van der Waals surface area contributed by atoms with E-state index >= 15 is 0 Å². The minimum absolute atomic E-state index is 0.0820. The normalized spacial score (nSPS) is 12.1. The van der Waals surface area contributed by atoms with E-state index in [4.69, 9.17) is 4.74 Å². The van der Waals surface area contributed by atoms with Crippen LogP contribution in [0.3, 0.4) is 0 Å². The average Bonchev–Trinajstić information content (AvgIpc) is 2.30. The summed E-state index contributed by atoms with van der Waals surface area (Å²) in [5.74, 6) is -1.30. The van der Waals surface area contributed by atoms with Gasteiger partial charge >= 0.3 is 5.97 Å². The van der Waals surface area contributed by atoms with Gasteiger partial charge in [0.15, 0.2) is 6.10 Å². The van der Waals surface area contributed by atoms with Crippen LogP contribution in [0.5, 0.6) is 5.75 Å². The summed E-state index contributed by atoms with van der Waals surface area (Å²) in [7, 11) is 2.47. The highest BCUT2D eigenvalue weighted by Gasteiger charge is 2.23. The fourth-order valence-electron chi connectivity index (χ4n) is 1.17. The molecule has 16 heavy (non-hydrogen) atoms. The van der Waals surface area contributed by atoms with Crippen molar-refractivity contribution in [2.24, 2.45) is 0 Å². The summed E-state index contributed by atoms with van der Waals surface area (Å²) >= 11 is 2.95. The maximum atomic E-state index is 13.2. The van der Waals surface area contributed by atoms with Crippen molar-refractivity contribution >= 4 is 21.9 Å². The first-order valence-corrected chi connectivity index (χ1v) is 5.09. The van der Waals surface area contributed by atoms with Crippen LogP contribution < -0.4 is 4.74 Å². The van der Waals surface area contributed by atoms with Gasteiger partial charge in [-0.05, 0) is 22.0 Å². The number of rotatable bonds is 3. The Labute approximate surface area is 100 Å². The molecule has 0 aliphatic carbocycles. The Morgan fingerprint density at radius 3 is 2.62 bits per heavy atom. The van der Waals surface area contributed by atoms with Crippen molar-refractivity contribution in [3.05, 3.63) is 28.0 Å². The number of carbonyl (C=O) groups is 1. The van der Waals surface area contributed by atoms with Crippen LogP contribution >= 0.6 is 15.9 Å². The topological polar surface area (TPSA) is 55.8 Å². The van der Waals surface area contributed by atoms with Gasteiger partial charge in [-0.3, -0.25) is 0 Å². The van der Waals surface area contributed by atoms with Crippen molar-refractivity contribution in [2.45, 2.75) is 6.10 Å². The molecule has 0 aliphatic heterocycles. The molecule has 0 bridgehead atoms.